The number of benzene rings is 3. The summed E-state index contributed by atoms with van der Waals surface area (Å²) < 4.78 is 67.2. The summed E-state index contributed by atoms with van der Waals surface area (Å²) in [6, 6.07) is 13.5. The second kappa shape index (κ2) is 40.1. The molecule has 3 aromatic rings. The van der Waals surface area contributed by atoms with E-state index < -0.39 is 23.5 Å². The Bertz CT molecular complexity index is 2330. The van der Waals surface area contributed by atoms with Crippen LogP contribution < -0.4 is 14.7 Å². The number of phosphoric acid groups is 3. The minimum absolute atomic E-state index is 0.0104. The highest BCUT2D eigenvalue weighted by Gasteiger charge is 2.20. The van der Waals surface area contributed by atoms with Crippen LogP contribution in [-0.2, 0) is 60.1 Å². The summed E-state index contributed by atoms with van der Waals surface area (Å²) in [5.41, 5.74) is 2.37. The van der Waals surface area contributed by atoms with Crippen LogP contribution in [0.1, 0.15) is 134 Å². The van der Waals surface area contributed by atoms with Crippen LogP contribution >= 0.6 is 23.5 Å². The van der Waals surface area contributed by atoms with Crippen LogP contribution in [0.2, 0.25) is 0 Å². The van der Waals surface area contributed by atoms with Crippen molar-refractivity contribution in [2.75, 3.05) is 121 Å². The number of hydrogen-bond acceptors (Lipinski definition) is 18. The second-order valence-corrected chi connectivity index (χ2v) is 26.7. The van der Waals surface area contributed by atoms with Gasteiger partial charge >= 0.3 is 0 Å². The third-order valence-electron chi connectivity index (χ3n) is 13.4. The molecule has 81 heavy (non-hydrogen) atoms. The molecule has 3 rings (SSSR count). The van der Waals surface area contributed by atoms with Gasteiger partial charge in [-0.15, -0.1) is 0 Å². The van der Waals surface area contributed by atoms with Crippen molar-refractivity contribution in [3.63, 3.8) is 0 Å². The van der Waals surface area contributed by atoms with E-state index in [0.717, 1.165) is 66.5 Å². The maximum absolute atomic E-state index is 11.9. The van der Waals surface area contributed by atoms with Crippen molar-refractivity contribution in [1.82, 2.24) is 0 Å². The smallest absolute Gasteiger partial charge is 0.268 e. The van der Waals surface area contributed by atoms with Crippen LogP contribution in [0, 0.1) is 0 Å². The monoisotopic (exact) mass is 1210 g/mol. The van der Waals surface area contributed by atoms with E-state index in [2.05, 4.69) is 49.0 Å². The normalized spacial score (nSPS) is 14.2. The Kier molecular flexibility index (Phi) is 37.4. The molecular weight excluding hydrogens is 1110 g/mol. The van der Waals surface area contributed by atoms with E-state index in [1.165, 1.54) is 87.8 Å². The van der Waals surface area contributed by atoms with E-state index in [4.69, 9.17) is 27.1 Å². The Balaban J connectivity index is 0.000000609. The van der Waals surface area contributed by atoms with Crippen molar-refractivity contribution >= 4 is 23.5 Å². The molecule has 0 aromatic heterocycles. The van der Waals surface area contributed by atoms with Crippen LogP contribution in [-0.4, -0.2) is 165 Å². The van der Waals surface area contributed by atoms with Gasteiger partial charge in [-0.25, -0.2) is 0 Å². The highest BCUT2D eigenvalue weighted by molar-refractivity contribution is 7.46. The number of likely N-dealkylation sites (N-methyl/N-ethyl adjacent to an activating group) is 3. The van der Waals surface area contributed by atoms with Gasteiger partial charge in [0, 0.05) is 0 Å². The molecule has 468 valence electrons. The number of phosphoric ester groups is 3. The minimum atomic E-state index is -4.31. The molecule has 3 atom stereocenters. The van der Waals surface area contributed by atoms with E-state index in [0.29, 0.717) is 67.1 Å². The van der Waals surface area contributed by atoms with Gasteiger partial charge in [0.15, 0.2) is 34.5 Å². The molecule has 3 aromatic carbocycles. The van der Waals surface area contributed by atoms with Crippen molar-refractivity contribution in [3.05, 3.63) is 71.3 Å². The Morgan fingerprint density at radius 2 is 0.580 bits per heavy atom. The molecule has 0 aliphatic heterocycles. The SMILES string of the molecule is CCCCCCCC[N+](C)(C)CCOP(=O)([O-])OCCCc1ccc(O)c(O)c1.CCCCCC[N+](C)(C)CCOP(=O)([O-])OCCCc1ccc(O)c(O)c1.CCCC[N+](C)(C)CCOP(=O)([O-])OCCCc1ccc(O)c(O)c1. The van der Waals surface area contributed by atoms with Gasteiger partial charge in [-0.1, -0.05) is 83.9 Å². The fourth-order valence-electron chi connectivity index (χ4n) is 8.05. The first-order valence-electron chi connectivity index (χ1n) is 28.7. The highest BCUT2D eigenvalue weighted by atomic mass is 31.2. The molecule has 24 heteroatoms. The summed E-state index contributed by atoms with van der Waals surface area (Å²) in [5, 5.41) is 56.1. The Morgan fingerprint density at radius 1 is 0.333 bits per heavy atom. The molecule has 0 spiro atoms. The molecule has 0 amide bonds. The van der Waals surface area contributed by atoms with Crippen molar-refractivity contribution in [2.24, 2.45) is 0 Å². The molecule has 0 saturated carbocycles. The molecule has 21 nitrogen and oxygen atoms in total. The molecule has 0 saturated heterocycles. The van der Waals surface area contributed by atoms with Gasteiger partial charge in [-0.05, 0) is 124 Å². The van der Waals surface area contributed by atoms with Crippen LogP contribution in [0.15, 0.2) is 54.6 Å². The van der Waals surface area contributed by atoms with E-state index >= 15 is 0 Å². The van der Waals surface area contributed by atoms with Crippen molar-refractivity contribution in [1.29, 1.82) is 0 Å². The van der Waals surface area contributed by atoms with Crippen LogP contribution in [0.4, 0.5) is 0 Å². The molecule has 6 N–H and O–H groups in total. The molecular formula is C57H102N3O18P3. The van der Waals surface area contributed by atoms with Crippen LogP contribution in [0.5, 0.6) is 34.5 Å². The van der Waals surface area contributed by atoms with Gasteiger partial charge in [-0.2, -0.15) is 0 Å². The molecule has 0 aliphatic carbocycles. The summed E-state index contributed by atoms with van der Waals surface area (Å²) >= 11 is 0. The zero-order valence-electron chi connectivity index (χ0n) is 50.2. The number of phenols is 6. The predicted molar refractivity (Wildman–Crippen MR) is 311 cm³/mol. The summed E-state index contributed by atoms with van der Waals surface area (Å²) in [4.78, 5) is 35.5. The third kappa shape index (κ3) is 39.0. The molecule has 0 heterocycles. The minimum Gasteiger partial charge on any atom is -0.756 e. The third-order valence-corrected chi connectivity index (χ3v) is 16.4. The zero-order valence-corrected chi connectivity index (χ0v) is 52.9. The van der Waals surface area contributed by atoms with Gasteiger partial charge in [0.1, 0.15) is 39.5 Å². The molecule has 0 fully saturated rings. The fraction of sp³-hybridized carbons (Fsp3) is 0.684. The van der Waals surface area contributed by atoms with Crippen molar-refractivity contribution in [2.45, 2.75) is 136 Å². The molecule has 3 unspecified atom stereocenters. The van der Waals surface area contributed by atoms with Crippen LogP contribution in [0.25, 0.3) is 0 Å². The lowest BCUT2D eigenvalue weighted by atomic mass is 10.1. The van der Waals surface area contributed by atoms with Crippen molar-refractivity contribution in [3.8, 4) is 34.5 Å². The maximum Gasteiger partial charge on any atom is 0.268 e. The van der Waals surface area contributed by atoms with E-state index in [-0.39, 0.29) is 74.1 Å². The van der Waals surface area contributed by atoms with E-state index in [1.807, 2.05) is 14.1 Å². The van der Waals surface area contributed by atoms with Gasteiger partial charge < -0.3 is 85.9 Å². The summed E-state index contributed by atoms with van der Waals surface area (Å²) in [5.74, 6) is -1.12. The second-order valence-electron chi connectivity index (χ2n) is 22.5. The Labute approximate surface area is 484 Å². The number of phenolic OH excluding ortho intramolecular Hbond substituents is 6. The van der Waals surface area contributed by atoms with E-state index in [9.17, 15) is 59.0 Å². The lowest BCUT2D eigenvalue weighted by Crippen LogP contribution is -2.43. The zero-order chi connectivity index (χ0) is 61.0. The van der Waals surface area contributed by atoms with Gasteiger partial charge in [0.2, 0.25) is 0 Å². The quantitative estimate of drug-likeness (QED) is 0.0133. The van der Waals surface area contributed by atoms with Crippen LogP contribution in [0.3, 0.4) is 0 Å². The Hall–Kier alpha value is -3.33. The largest absolute Gasteiger partial charge is 0.756 e. The summed E-state index contributed by atoms with van der Waals surface area (Å²) in [7, 11) is -0.516. The summed E-state index contributed by atoms with van der Waals surface area (Å²) in [6.07, 6.45) is 17.3. The van der Waals surface area contributed by atoms with Gasteiger partial charge in [0.05, 0.1) is 81.7 Å². The molecule has 0 bridgehead atoms. The van der Waals surface area contributed by atoms with Gasteiger partial charge in [0.25, 0.3) is 23.5 Å². The number of aromatic hydroxyl groups is 6. The van der Waals surface area contributed by atoms with Gasteiger partial charge in [-0.3, -0.25) is 13.7 Å². The molecule has 0 radical (unpaired) electrons. The first kappa shape index (κ1) is 75.7. The first-order valence-corrected chi connectivity index (χ1v) is 33.1. The topological polar surface area (TPSA) is 297 Å². The Morgan fingerprint density at radius 3 is 0.864 bits per heavy atom. The fourth-order valence-corrected chi connectivity index (χ4v) is 10.2. The highest BCUT2D eigenvalue weighted by Crippen LogP contribution is 2.40. The predicted octanol–water partition coefficient (Wildman–Crippen LogP) is 9.57. The lowest BCUT2D eigenvalue weighted by Gasteiger charge is -2.31. The number of quaternary nitrogens is 3. The standard InChI is InChI=1S/C21H38NO6P.C19H34NO6P.C17H30NO6P/c1-4-5-6-7-8-9-14-22(2,3)15-17-28-29(25,26)27-16-10-11-19-12-13-20(23)21(24)18-19;1-4-5-6-7-12-20(2,3)13-15-26-27(23,24)25-14-8-9-17-10-11-18(21)19(22)16-17;1-4-5-10-18(2,3)11-13-24-25(21,22)23-12-6-7-15-8-9-16(19)17(20)14-15/h12-13,18H,4-11,14-17H2,1-3H3,(H2-,23,24,25,26);10-11,16H,4-9,12-15H2,1-3H3,(H2-,21,22,23,24);8-9,14H,4-7,10-13H2,1-3H3,(H2-,19,20,21,22). The maximum atomic E-state index is 11.9. The average molecular weight is 1210 g/mol. The number of unbranched alkanes of at least 4 members (excludes halogenated alkanes) is 9. The average Bonchev–Trinajstić information content (AvgIpc) is 3.38. The first-order chi connectivity index (χ1) is 38.0. The molecule has 0 aliphatic rings. The van der Waals surface area contributed by atoms with Crippen molar-refractivity contribution < 1.29 is 99.6 Å². The van der Waals surface area contributed by atoms with E-state index in [1.54, 1.807) is 18.2 Å². The number of rotatable bonds is 42. The number of aryl methyl sites for hydroxylation is 3. The lowest BCUT2D eigenvalue weighted by molar-refractivity contribution is -0.890. The number of nitrogens with zero attached hydrogens (tertiary/aromatic N) is 3. The summed E-state index contributed by atoms with van der Waals surface area (Å²) in [6.45, 7) is 11.6. The number of hydrogen-bond donors (Lipinski definition) is 6.